The molecule has 0 radical (unpaired) electrons. The minimum atomic E-state index is -1.32. The molecule has 0 aromatic carbocycles. The van der Waals surface area contributed by atoms with E-state index in [4.69, 9.17) is 30.5 Å². The number of halogens is 2. The minimum absolute atomic E-state index is 0.0200. The van der Waals surface area contributed by atoms with Crippen LogP contribution in [0.1, 0.15) is 51.9 Å². The van der Waals surface area contributed by atoms with Gasteiger partial charge in [0.2, 0.25) is 0 Å². The van der Waals surface area contributed by atoms with Crippen LogP contribution in [0.4, 0.5) is 4.39 Å². The van der Waals surface area contributed by atoms with Crippen molar-refractivity contribution in [1.82, 2.24) is 0 Å². The van der Waals surface area contributed by atoms with E-state index >= 15 is 0 Å². The predicted octanol–water partition coefficient (Wildman–Crippen LogP) is 3.53. The third kappa shape index (κ3) is 3.22. The van der Waals surface area contributed by atoms with Crippen molar-refractivity contribution in [3.05, 3.63) is 11.3 Å². The van der Waals surface area contributed by atoms with E-state index < -0.39 is 29.2 Å². The Bertz CT molecular complexity index is 823. The lowest BCUT2D eigenvalue weighted by molar-refractivity contribution is -0.147. The normalized spacial score (nSPS) is 48.7. The van der Waals surface area contributed by atoms with E-state index in [9.17, 15) is 14.0 Å². The number of rotatable bonds is 3. The second kappa shape index (κ2) is 8.33. The standard InChI is InChI=1S/C24H32ClFO6/c1-11-8-15(27)14-9-16(12-4-6-13(26)7-5-12)31-23(14)24(11)22(28)19-17(29-2)10-18(30-3)20(25)21(19)32-24/h11-13,16-21H,4-10H2,1-3H3/t11-,12?,13?,16+,17?,18?,19?,20?,21?,24-/m1/s1. The molecule has 2 aliphatic heterocycles. The maximum atomic E-state index is 14.0. The minimum Gasteiger partial charge on any atom is -0.490 e. The highest BCUT2D eigenvalue weighted by atomic mass is 35.5. The Hall–Kier alpha value is -1.02. The van der Waals surface area contributed by atoms with E-state index in [0.29, 0.717) is 37.0 Å². The van der Waals surface area contributed by atoms with Crippen molar-refractivity contribution in [1.29, 1.82) is 0 Å². The van der Waals surface area contributed by atoms with Gasteiger partial charge in [0.25, 0.3) is 0 Å². The number of ether oxygens (including phenoxy) is 4. The molecule has 2 saturated carbocycles. The summed E-state index contributed by atoms with van der Waals surface area (Å²) in [7, 11) is 3.18. The van der Waals surface area contributed by atoms with Gasteiger partial charge in [-0.15, -0.1) is 11.6 Å². The summed E-state index contributed by atoms with van der Waals surface area (Å²) in [6.45, 7) is 1.88. The molecule has 0 N–H and O–H groups in total. The van der Waals surface area contributed by atoms with Crippen LogP contribution < -0.4 is 0 Å². The number of methoxy groups -OCH3 is 2. The number of fused-ring (bicyclic) bond motifs is 2. The summed E-state index contributed by atoms with van der Waals surface area (Å²) in [5.74, 6) is -0.420. The van der Waals surface area contributed by atoms with Gasteiger partial charge in [-0.2, -0.15) is 0 Å². The molecule has 0 bridgehead atoms. The molecule has 8 atom stereocenters. The first-order chi connectivity index (χ1) is 15.3. The van der Waals surface area contributed by atoms with Crippen LogP contribution >= 0.6 is 11.6 Å². The van der Waals surface area contributed by atoms with Gasteiger partial charge in [-0.25, -0.2) is 4.39 Å². The largest absolute Gasteiger partial charge is 0.490 e. The van der Waals surface area contributed by atoms with Crippen molar-refractivity contribution in [2.75, 3.05) is 14.2 Å². The number of hydrogen-bond acceptors (Lipinski definition) is 6. The van der Waals surface area contributed by atoms with Crippen LogP contribution in [0.25, 0.3) is 0 Å². The van der Waals surface area contributed by atoms with Gasteiger partial charge in [0.05, 0.1) is 29.6 Å². The number of hydrogen-bond donors (Lipinski definition) is 0. The monoisotopic (exact) mass is 470 g/mol. The Kier molecular flexibility index (Phi) is 5.92. The van der Waals surface area contributed by atoms with E-state index in [1.165, 1.54) is 0 Å². The molecule has 0 aromatic heterocycles. The zero-order chi connectivity index (χ0) is 22.8. The first-order valence-electron chi connectivity index (χ1n) is 11.8. The molecule has 0 amide bonds. The fourth-order valence-electron chi connectivity index (χ4n) is 6.69. The first kappa shape index (κ1) is 22.8. The number of Topliss-reactive ketones (excluding diaryl/α,β-unsaturated/α-hetero) is 2. The highest BCUT2D eigenvalue weighted by Crippen LogP contribution is 2.56. The molecule has 5 unspecified atom stereocenters. The van der Waals surface area contributed by atoms with Crippen LogP contribution in [0.2, 0.25) is 0 Å². The molecular weight excluding hydrogens is 439 g/mol. The zero-order valence-corrected chi connectivity index (χ0v) is 19.6. The van der Waals surface area contributed by atoms with Gasteiger partial charge < -0.3 is 18.9 Å². The molecule has 32 heavy (non-hydrogen) atoms. The first-order valence-corrected chi connectivity index (χ1v) is 12.2. The Morgan fingerprint density at radius 2 is 1.75 bits per heavy atom. The summed E-state index contributed by atoms with van der Waals surface area (Å²) in [5.41, 5.74) is -0.747. The maximum absolute atomic E-state index is 14.0. The van der Waals surface area contributed by atoms with Crippen LogP contribution in [-0.4, -0.2) is 67.4 Å². The second-order valence-corrected chi connectivity index (χ2v) is 10.6. The van der Waals surface area contributed by atoms with Crippen LogP contribution in [0.5, 0.6) is 0 Å². The fourth-order valence-corrected chi connectivity index (χ4v) is 7.10. The van der Waals surface area contributed by atoms with Gasteiger partial charge in [-0.3, -0.25) is 9.59 Å². The molecule has 8 heteroatoms. The Labute approximate surface area is 193 Å². The molecule has 178 valence electrons. The lowest BCUT2D eigenvalue weighted by Gasteiger charge is -2.39. The van der Waals surface area contributed by atoms with Gasteiger partial charge in [-0.1, -0.05) is 6.92 Å². The maximum Gasteiger partial charge on any atom is 0.187 e. The lowest BCUT2D eigenvalue weighted by Crippen LogP contribution is -2.52. The molecule has 3 aliphatic carbocycles. The summed E-state index contributed by atoms with van der Waals surface area (Å²) in [4.78, 5) is 27.0. The summed E-state index contributed by atoms with van der Waals surface area (Å²) in [6, 6.07) is 0. The van der Waals surface area contributed by atoms with Gasteiger partial charge in [0.1, 0.15) is 18.0 Å². The van der Waals surface area contributed by atoms with E-state index in [-0.39, 0.29) is 48.1 Å². The van der Waals surface area contributed by atoms with Crippen molar-refractivity contribution in [2.45, 2.75) is 93.4 Å². The summed E-state index contributed by atoms with van der Waals surface area (Å²) < 4.78 is 37.9. The van der Waals surface area contributed by atoms with Crippen molar-refractivity contribution in [2.24, 2.45) is 17.8 Å². The third-order valence-electron chi connectivity index (χ3n) is 8.52. The van der Waals surface area contributed by atoms with Crippen molar-refractivity contribution >= 4 is 23.2 Å². The number of alkyl halides is 2. The second-order valence-electron chi connectivity index (χ2n) is 10.1. The van der Waals surface area contributed by atoms with Crippen LogP contribution in [0.3, 0.4) is 0 Å². The van der Waals surface area contributed by atoms with E-state index in [1.807, 2.05) is 6.92 Å². The van der Waals surface area contributed by atoms with E-state index in [2.05, 4.69) is 0 Å². The highest BCUT2D eigenvalue weighted by molar-refractivity contribution is 6.22. The molecule has 1 spiro atoms. The quantitative estimate of drug-likeness (QED) is 0.588. The Morgan fingerprint density at radius 3 is 2.41 bits per heavy atom. The molecule has 0 aromatic rings. The van der Waals surface area contributed by atoms with Gasteiger partial charge in [0.15, 0.2) is 17.2 Å². The van der Waals surface area contributed by atoms with Gasteiger partial charge in [0, 0.05) is 45.0 Å². The number of carbonyl (C=O) groups excluding carboxylic acids is 2. The molecular formula is C24H32ClFO6. The van der Waals surface area contributed by atoms with E-state index in [0.717, 1.165) is 12.8 Å². The summed E-state index contributed by atoms with van der Waals surface area (Å²) in [6.07, 6.45) is 1.47. The Morgan fingerprint density at radius 1 is 1.06 bits per heavy atom. The van der Waals surface area contributed by atoms with Crippen molar-refractivity contribution in [3.63, 3.8) is 0 Å². The van der Waals surface area contributed by atoms with Gasteiger partial charge >= 0.3 is 0 Å². The highest BCUT2D eigenvalue weighted by Gasteiger charge is 2.68. The topological polar surface area (TPSA) is 71.1 Å². The molecule has 6 nitrogen and oxygen atoms in total. The van der Waals surface area contributed by atoms with Crippen molar-refractivity contribution in [3.8, 4) is 0 Å². The SMILES string of the molecule is COC1CC(OC)C2C(=O)[C@@]3(OC2C1Cl)C1=C(C[C@@H](C2CCC(F)CC2)O1)C(=O)C[C@H]3C. The molecule has 3 fully saturated rings. The smallest absolute Gasteiger partial charge is 0.187 e. The number of carbonyl (C=O) groups is 2. The molecule has 5 aliphatic rings. The molecule has 2 heterocycles. The average molecular weight is 471 g/mol. The average Bonchev–Trinajstić information content (AvgIpc) is 3.36. The van der Waals surface area contributed by atoms with Crippen LogP contribution in [0, 0.1) is 17.8 Å². The van der Waals surface area contributed by atoms with E-state index in [1.54, 1.807) is 14.2 Å². The lowest BCUT2D eigenvalue weighted by atomic mass is 9.69. The van der Waals surface area contributed by atoms with Crippen LogP contribution in [-0.2, 0) is 28.5 Å². The zero-order valence-electron chi connectivity index (χ0n) is 18.9. The molecule has 1 saturated heterocycles. The van der Waals surface area contributed by atoms with Crippen LogP contribution in [0.15, 0.2) is 11.3 Å². The number of ketones is 2. The van der Waals surface area contributed by atoms with Crippen molar-refractivity contribution < 1.29 is 32.9 Å². The predicted molar refractivity (Wildman–Crippen MR) is 114 cm³/mol. The fraction of sp³-hybridized carbons (Fsp3) is 0.833. The summed E-state index contributed by atoms with van der Waals surface area (Å²) >= 11 is 6.74. The summed E-state index contributed by atoms with van der Waals surface area (Å²) in [5, 5.41) is -0.509. The van der Waals surface area contributed by atoms with Gasteiger partial charge in [-0.05, 0) is 31.6 Å². The molecule has 5 rings (SSSR count). The third-order valence-corrected chi connectivity index (χ3v) is 9.05. The Balaban J connectivity index is 1.49.